The lowest BCUT2D eigenvalue weighted by Gasteiger charge is -2.35. The van der Waals surface area contributed by atoms with Crippen molar-refractivity contribution in [2.75, 3.05) is 42.9 Å². The van der Waals surface area contributed by atoms with Gasteiger partial charge in [0.1, 0.15) is 11.6 Å². The Morgan fingerprint density at radius 3 is 2.50 bits per heavy atom. The van der Waals surface area contributed by atoms with Gasteiger partial charge in [0, 0.05) is 60.8 Å². The van der Waals surface area contributed by atoms with E-state index in [0.717, 1.165) is 38.3 Å². The van der Waals surface area contributed by atoms with Crippen LogP contribution in [-0.2, 0) is 6.54 Å². The van der Waals surface area contributed by atoms with E-state index in [9.17, 15) is 4.39 Å². The van der Waals surface area contributed by atoms with Crippen molar-refractivity contribution in [3.05, 3.63) is 71.1 Å². The summed E-state index contributed by atoms with van der Waals surface area (Å²) in [5.41, 5.74) is 2.71. The maximum atomic E-state index is 14.0. The monoisotopic (exact) mass is 425 g/mol. The van der Waals surface area contributed by atoms with Gasteiger partial charge in [0.2, 0.25) is 0 Å². The zero-order chi connectivity index (χ0) is 20.9. The number of likely N-dealkylation sites (N-methyl/N-ethyl adjacent to an activating group) is 1. The van der Waals surface area contributed by atoms with Crippen LogP contribution in [0.3, 0.4) is 0 Å². The third kappa shape index (κ3) is 4.89. The van der Waals surface area contributed by atoms with E-state index in [4.69, 9.17) is 11.6 Å². The Labute approximate surface area is 181 Å². The third-order valence-electron chi connectivity index (χ3n) is 5.44. The van der Waals surface area contributed by atoms with Crippen LogP contribution in [0.1, 0.15) is 12.5 Å². The van der Waals surface area contributed by atoms with Gasteiger partial charge in [-0.3, -0.25) is 0 Å². The molecule has 1 saturated heterocycles. The van der Waals surface area contributed by atoms with Crippen LogP contribution in [0.2, 0.25) is 5.02 Å². The summed E-state index contributed by atoms with van der Waals surface area (Å²) in [5.74, 6) is 0.952. The van der Waals surface area contributed by atoms with Gasteiger partial charge in [-0.25, -0.2) is 14.4 Å². The molecule has 156 valence electrons. The van der Waals surface area contributed by atoms with E-state index in [1.165, 1.54) is 11.8 Å². The summed E-state index contributed by atoms with van der Waals surface area (Å²) in [6, 6.07) is 14.8. The standard InChI is InChI=1S/C23H25ClFN5/c1-2-29-11-13-30(14-12-29)20-7-4-17(5-8-20)23-26-10-9-22(28-23)27-16-18-3-6-19(24)15-21(18)25/h3-10,15H,2,11-14,16H2,1H3,(H,26,27,28). The Balaban J connectivity index is 1.42. The van der Waals surface area contributed by atoms with Crippen molar-refractivity contribution < 1.29 is 4.39 Å². The minimum Gasteiger partial charge on any atom is -0.369 e. The smallest absolute Gasteiger partial charge is 0.161 e. The van der Waals surface area contributed by atoms with E-state index in [-0.39, 0.29) is 5.82 Å². The fourth-order valence-electron chi connectivity index (χ4n) is 3.59. The van der Waals surface area contributed by atoms with Crippen molar-refractivity contribution in [3.63, 3.8) is 0 Å². The predicted molar refractivity (Wildman–Crippen MR) is 121 cm³/mol. The SMILES string of the molecule is CCN1CCN(c2ccc(-c3nccc(NCc4ccc(Cl)cc4F)n3)cc2)CC1. The van der Waals surface area contributed by atoms with E-state index in [1.807, 2.05) is 0 Å². The van der Waals surface area contributed by atoms with Gasteiger partial charge in [-0.1, -0.05) is 24.6 Å². The van der Waals surface area contributed by atoms with Gasteiger partial charge in [0.15, 0.2) is 5.82 Å². The second kappa shape index (κ2) is 9.41. The molecule has 0 atom stereocenters. The molecular weight excluding hydrogens is 401 g/mol. The van der Waals surface area contributed by atoms with E-state index in [1.54, 1.807) is 24.4 Å². The molecule has 0 radical (unpaired) electrons. The molecule has 3 aromatic rings. The minimum absolute atomic E-state index is 0.322. The predicted octanol–water partition coefficient (Wildman–Crippen LogP) is 4.69. The first-order chi connectivity index (χ1) is 14.6. The summed E-state index contributed by atoms with van der Waals surface area (Å²) in [7, 11) is 0. The molecule has 1 N–H and O–H groups in total. The Morgan fingerprint density at radius 2 is 1.80 bits per heavy atom. The Hall–Kier alpha value is -2.70. The second-order valence-corrected chi connectivity index (χ2v) is 7.76. The molecule has 5 nitrogen and oxygen atoms in total. The highest BCUT2D eigenvalue weighted by Crippen LogP contribution is 2.23. The van der Waals surface area contributed by atoms with Gasteiger partial charge in [0.25, 0.3) is 0 Å². The fraction of sp³-hybridized carbons (Fsp3) is 0.304. The molecule has 2 heterocycles. The summed E-state index contributed by atoms with van der Waals surface area (Å²) in [6.45, 7) is 7.93. The molecule has 30 heavy (non-hydrogen) atoms. The third-order valence-corrected chi connectivity index (χ3v) is 5.68. The summed E-state index contributed by atoms with van der Waals surface area (Å²) >= 11 is 5.81. The zero-order valence-electron chi connectivity index (χ0n) is 17.0. The molecule has 2 aromatic carbocycles. The largest absolute Gasteiger partial charge is 0.369 e. The number of nitrogens with one attached hydrogen (secondary N) is 1. The van der Waals surface area contributed by atoms with E-state index >= 15 is 0 Å². The van der Waals surface area contributed by atoms with Gasteiger partial charge < -0.3 is 15.1 Å². The van der Waals surface area contributed by atoms with Crippen LogP contribution in [0.25, 0.3) is 11.4 Å². The molecule has 1 aromatic heterocycles. The molecule has 4 rings (SSSR count). The summed E-state index contributed by atoms with van der Waals surface area (Å²) in [4.78, 5) is 13.8. The van der Waals surface area contributed by atoms with Crippen LogP contribution in [0.5, 0.6) is 0 Å². The first-order valence-electron chi connectivity index (χ1n) is 10.2. The summed E-state index contributed by atoms with van der Waals surface area (Å²) in [6.07, 6.45) is 1.71. The molecule has 0 aliphatic carbocycles. The van der Waals surface area contributed by atoms with Crippen LogP contribution < -0.4 is 10.2 Å². The van der Waals surface area contributed by atoms with Crippen molar-refractivity contribution in [3.8, 4) is 11.4 Å². The zero-order valence-corrected chi connectivity index (χ0v) is 17.7. The first kappa shape index (κ1) is 20.6. The molecule has 7 heteroatoms. The summed E-state index contributed by atoms with van der Waals surface area (Å²) < 4.78 is 14.0. The second-order valence-electron chi connectivity index (χ2n) is 7.32. The number of aromatic nitrogens is 2. The number of halogens is 2. The number of nitrogens with zero attached hydrogens (tertiary/aromatic N) is 4. The number of benzene rings is 2. The van der Waals surface area contributed by atoms with Crippen molar-refractivity contribution in [2.24, 2.45) is 0 Å². The number of hydrogen-bond acceptors (Lipinski definition) is 5. The van der Waals surface area contributed by atoms with Crippen LogP contribution >= 0.6 is 11.6 Å². The average Bonchev–Trinajstić information content (AvgIpc) is 2.79. The Kier molecular flexibility index (Phi) is 6.45. The van der Waals surface area contributed by atoms with Gasteiger partial charge in [-0.15, -0.1) is 0 Å². The lowest BCUT2D eigenvalue weighted by Crippen LogP contribution is -2.46. The highest BCUT2D eigenvalue weighted by Gasteiger charge is 2.16. The van der Waals surface area contributed by atoms with Gasteiger partial charge >= 0.3 is 0 Å². The molecule has 1 aliphatic heterocycles. The van der Waals surface area contributed by atoms with Crippen LogP contribution in [-0.4, -0.2) is 47.6 Å². The summed E-state index contributed by atoms with van der Waals surface area (Å²) in [5, 5.41) is 3.54. The quantitative estimate of drug-likeness (QED) is 0.620. The maximum absolute atomic E-state index is 14.0. The number of rotatable bonds is 6. The average molecular weight is 426 g/mol. The van der Waals surface area contributed by atoms with Crippen LogP contribution in [0.15, 0.2) is 54.7 Å². The van der Waals surface area contributed by atoms with Crippen molar-refractivity contribution in [1.29, 1.82) is 0 Å². The number of hydrogen-bond donors (Lipinski definition) is 1. The highest BCUT2D eigenvalue weighted by atomic mass is 35.5. The first-order valence-corrected chi connectivity index (χ1v) is 10.6. The van der Waals surface area contributed by atoms with Crippen molar-refractivity contribution >= 4 is 23.1 Å². The molecule has 0 amide bonds. The molecule has 1 aliphatic rings. The van der Waals surface area contributed by atoms with E-state index < -0.39 is 0 Å². The van der Waals surface area contributed by atoms with E-state index in [2.05, 4.69) is 56.3 Å². The number of piperazine rings is 1. The van der Waals surface area contributed by atoms with Crippen molar-refractivity contribution in [2.45, 2.75) is 13.5 Å². The number of anilines is 2. The van der Waals surface area contributed by atoms with Gasteiger partial charge in [-0.2, -0.15) is 0 Å². The van der Waals surface area contributed by atoms with E-state index in [0.29, 0.717) is 28.8 Å². The molecular formula is C23H25ClFN5. The van der Waals surface area contributed by atoms with Crippen LogP contribution in [0, 0.1) is 5.82 Å². The molecule has 0 unspecified atom stereocenters. The molecule has 1 fully saturated rings. The lowest BCUT2D eigenvalue weighted by atomic mass is 10.1. The lowest BCUT2D eigenvalue weighted by molar-refractivity contribution is 0.271. The Morgan fingerprint density at radius 1 is 1.03 bits per heavy atom. The van der Waals surface area contributed by atoms with Crippen LogP contribution in [0.4, 0.5) is 15.9 Å². The highest BCUT2D eigenvalue weighted by molar-refractivity contribution is 6.30. The van der Waals surface area contributed by atoms with Gasteiger partial charge in [-0.05, 0) is 49.0 Å². The topological polar surface area (TPSA) is 44.3 Å². The fourth-order valence-corrected chi connectivity index (χ4v) is 3.75. The molecule has 0 bridgehead atoms. The molecule has 0 saturated carbocycles. The van der Waals surface area contributed by atoms with Crippen molar-refractivity contribution in [1.82, 2.24) is 14.9 Å². The normalized spacial score (nSPS) is 14.7. The maximum Gasteiger partial charge on any atom is 0.161 e. The van der Waals surface area contributed by atoms with Gasteiger partial charge in [0.05, 0.1) is 0 Å². The minimum atomic E-state index is -0.334. The Bertz CT molecular complexity index is 987. The molecule has 0 spiro atoms.